The molecule has 2 aliphatic rings. The Bertz CT molecular complexity index is 1020. The SMILES string of the molecule is COc1cccc(C(=O)N[C@@H]2C[C@H]3CN(C(=O)C(C)C)C[C@@]3(c3nc(C)no3)C2)c1OC. The van der Waals surface area contributed by atoms with Crippen LogP contribution in [0.15, 0.2) is 22.7 Å². The molecule has 1 aliphatic carbocycles. The summed E-state index contributed by atoms with van der Waals surface area (Å²) in [5.41, 5.74) is -0.0365. The van der Waals surface area contributed by atoms with E-state index in [9.17, 15) is 9.59 Å². The molecule has 0 radical (unpaired) electrons. The van der Waals surface area contributed by atoms with Crippen molar-refractivity contribution < 1.29 is 23.6 Å². The number of nitrogens with one attached hydrogen (secondary N) is 1. The molecule has 2 fully saturated rings. The number of amides is 2. The Kier molecular flexibility index (Phi) is 5.83. The molecule has 0 unspecified atom stereocenters. The van der Waals surface area contributed by atoms with Gasteiger partial charge in [-0.2, -0.15) is 4.98 Å². The zero-order valence-corrected chi connectivity index (χ0v) is 19.2. The van der Waals surface area contributed by atoms with Gasteiger partial charge in [-0.05, 0) is 37.8 Å². The summed E-state index contributed by atoms with van der Waals surface area (Å²) in [6, 6.07) is 5.14. The third-order valence-electron chi connectivity index (χ3n) is 6.62. The van der Waals surface area contributed by atoms with Crippen molar-refractivity contribution in [1.29, 1.82) is 0 Å². The average molecular weight is 443 g/mol. The van der Waals surface area contributed by atoms with Crippen molar-refractivity contribution in [3.8, 4) is 11.5 Å². The number of ether oxygens (including phenoxy) is 2. The molecular formula is C23H30N4O5. The van der Waals surface area contributed by atoms with E-state index in [1.54, 1.807) is 25.1 Å². The van der Waals surface area contributed by atoms with Crippen LogP contribution in [-0.4, -0.2) is 60.2 Å². The molecule has 1 aliphatic heterocycles. The summed E-state index contributed by atoms with van der Waals surface area (Å²) in [5, 5.41) is 7.14. The number of hydrogen-bond donors (Lipinski definition) is 1. The minimum atomic E-state index is -0.456. The van der Waals surface area contributed by atoms with Crippen LogP contribution in [0.5, 0.6) is 11.5 Å². The maximum Gasteiger partial charge on any atom is 0.255 e. The third kappa shape index (κ3) is 3.69. The molecule has 1 N–H and O–H groups in total. The van der Waals surface area contributed by atoms with Crippen LogP contribution < -0.4 is 14.8 Å². The molecule has 3 atom stereocenters. The summed E-state index contributed by atoms with van der Waals surface area (Å²) in [6.07, 6.45) is 1.35. The maximum atomic E-state index is 13.1. The molecule has 4 rings (SSSR count). The van der Waals surface area contributed by atoms with Crippen molar-refractivity contribution in [3.05, 3.63) is 35.5 Å². The van der Waals surface area contributed by atoms with Crippen molar-refractivity contribution >= 4 is 11.8 Å². The molecule has 1 saturated heterocycles. The number of carbonyl (C=O) groups excluding carboxylic acids is 2. The Morgan fingerprint density at radius 1 is 1.28 bits per heavy atom. The van der Waals surface area contributed by atoms with Gasteiger partial charge in [-0.3, -0.25) is 9.59 Å². The molecule has 1 aromatic carbocycles. The minimum Gasteiger partial charge on any atom is -0.493 e. The summed E-state index contributed by atoms with van der Waals surface area (Å²) >= 11 is 0. The van der Waals surface area contributed by atoms with E-state index >= 15 is 0 Å². The maximum absolute atomic E-state index is 13.1. The van der Waals surface area contributed by atoms with E-state index in [0.29, 0.717) is 48.3 Å². The molecule has 1 aromatic heterocycles. The van der Waals surface area contributed by atoms with Crippen molar-refractivity contribution in [2.75, 3.05) is 27.3 Å². The second-order valence-corrected chi connectivity index (χ2v) is 9.02. The fourth-order valence-corrected chi connectivity index (χ4v) is 5.17. The van der Waals surface area contributed by atoms with Gasteiger partial charge in [0, 0.05) is 25.0 Å². The summed E-state index contributed by atoms with van der Waals surface area (Å²) in [5.74, 6) is 1.97. The van der Waals surface area contributed by atoms with E-state index < -0.39 is 5.41 Å². The molecule has 0 bridgehead atoms. The smallest absolute Gasteiger partial charge is 0.255 e. The third-order valence-corrected chi connectivity index (χ3v) is 6.62. The predicted octanol–water partition coefficient (Wildman–Crippen LogP) is 2.34. The highest BCUT2D eigenvalue weighted by atomic mass is 16.5. The Labute approximate surface area is 187 Å². The van der Waals surface area contributed by atoms with Gasteiger partial charge in [-0.1, -0.05) is 25.1 Å². The molecule has 172 valence electrons. The molecule has 2 amide bonds. The number of nitrogens with zero attached hydrogens (tertiary/aromatic N) is 3. The zero-order chi connectivity index (χ0) is 23.0. The van der Waals surface area contributed by atoms with E-state index in [4.69, 9.17) is 14.0 Å². The first-order valence-corrected chi connectivity index (χ1v) is 10.9. The Hall–Kier alpha value is -3.10. The van der Waals surface area contributed by atoms with Gasteiger partial charge in [-0.15, -0.1) is 0 Å². The van der Waals surface area contributed by atoms with E-state index in [1.165, 1.54) is 14.2 Å². The number of aromatic nitrogens is 2. The van der Waals surface area contributed by atoms with Gasteiger partial charge < -0.3 is 24.2 Å². The van der Waals surface area contributed by atoms with Crippen molar-refractivity contribution in [3.63, 3.8) is 0 Å². The van der Waals surface area contributed by atoms with Gasteiger partial charge in [0.1, 0.15) is 0 Å². The largest absolute Gasteiger partial charge is 0.493 e. The number of para-hydroxylation sites is 1. The second kappa shape index (κ2) is 8.44. The number of hydrogen-bond acceptors (Lipinski definition) is 7. The Morgan fingerprint density at radius 2 is 2.06 bits per heavy atom. The van der Waals surface area contributed by atoms with Crippen molar-refractivity contribution in [1.82, 2.24) is 20.4 Å². The molecule has 2 heterocycles. The lowest BCUT2D eigenvalue weighted by Gasteiger charge is -2.26. The van der Waals surface area contributed by atoms with E-state index in [0.717, 1.165) is 6.42 Å². The average Bonchev–Trinajstić information content (AvgIpc) is 3.44. The number of rotatable bonds is 6. The number of likely N-dealkylation sites (tertiary alicyclic amines) is 1. The van der Waals surface area contributed by atoms with Crippen molar-refractivity contribution in [2.24, 2.45) is 11.8 Å². The van der Waals surface area contributed by atoms with E-state index in [-0.39, 0.29) is 29.7 Å². The van der Waals surface area contributed by atoms with Gasteiger partial charge in [0.25, 0.3) is 5.91 Å². The van der Waals surface area contributed by atoms with E-state index in [1.807, 2.05) is 18.7 Å². The summed E-state index contributed by atoms with van der Waals surface area (Å²) in [7, 11) is 3.06. The number of benzene rings is 1. The van der Waals surface area contributed by atoms with Crippen LogP contribution in [-0.2, 0) is 10.2 Å². The van der Waals surface area contributed by atoms with Gasteiger partial charge in [0.05, 0.1) is 25.2 Å². The first kappa shape index (κ1) is 22.1. The fourth-order valence-electron chi connectivity index (χ4n) is 5.17. The van der Waals surface area contributed by atoms with Crippen LogP contribution >= 0.6 is 0 Å². The van der Waals surface area contributed by atoms with Crippen LogP contribution in [0.1, 0.15) is 48.8 Å². The van der Waals surface area contributed by atoms with Crippen LogP contribution in [0.25, 0.3) is 0 Å². The summed E-state index contributed by atoms with van der Waals surface area (Å²) < 4.78 is 16.3. The molecular weight excluding hydrogens is 412 g/mol. The van der Waals surface area contributed by atoms with Crippen molar-refractivity contribution in [2.45, 2.75) is 45.1 Å². The Morgan fingerprint density at radius 3 is 2.69 bits per heavy atom. The number of carbonyl (C=O) groups is 2. The standard InChI is InChI=1S/C23H30N4O5/c1-13(2)21(29)27-11-15-9-16(10-23(15,12-27)22-24-14(3)26-32-22)25-20(28)17-7-6-8-18(30-4)19(17)31-5/h6-8,13,15-16H,9-12H2,1-5H3,(H,25,28)/t15-,16+,23-/m0/s1. The lowest BCUT2D eigenvalue weighted by molar-refractivity contribution is -0.133. The second-order valence-electron chi connectivity index (χ2n) is 9.02. The van der Waals surface area contributed by atoms with Crippen LogP contribution in [0.4, 0.5) is 0 Å². The molecule has 9 nitrogen and oxygen atoms in total. The topological polar surface area (TPSA) is 107 Å². The van der Waals surface area contributed by atoms with Gasteiger partial charge in [0.2, 0.25) is 11.8 Å². The fraction of sp³-hybridized carbons (Fsp3) is 0.565. The number of methoxy groups -OCH3 is 2. The van der Waals surface area contributed by atoms with E-state index in [2.05, 4.69) is 15.5 Å². The van der Waals surface area contributed by atoms with Crippen LogP contribution in [0, 0.1) is 18.8 Å². The minimum absolute atomic E-state index is 0.0775. The highest BCUT2D eigenvalue weighted by molar-refractivity contribution is 5.98. The first-order valence-electron chi connectivity index (χ1n) is 10.9. The zero-order valence-electron chi connectivity index (χ0n) is 19.2. The normalized spacial score (nSPS) is 24.5. The quantitative estimate of drug-likeness (QED) is 0.732. The van der Waals surface area contributed by atoms with Gasteiger partial charge >= 0.3 is 0 Å². The van der Waals surface area contributed by atoms with Crippen LogP contribution in [0.3, 0.4) is 0 Å². The van der Waals surface area contributed by atoms with Gasteiger partial charge in [-0.25, -0.2) is 0 Å². The predicted molar refractivity (Wildman–Crippen MR) is 116 cm³/mol. The molecule has 1 saturated carbocycles. The monoisotopic (exact) mass is 442 g/mol. The lowest BCUT2D eigenvalue weighted by atomic mass is 9.80. The Balaban J connectivity index is 1.57. The molecule has 2 aromatic rings. The molecule has 9 heteroatoms. The van der Waals surface area contributed by atoms with Gasteiger partial charge in [0.15, 0.2) is 17.3 Å². The highest BCUT2D eigenvalue weighted by Crippen LogP contribution is 2.50. The number of fused-ring (bicyclic) bond motifs is 1. The first-order chi connectivity index (χ1) is 15.3. The molecule has 0 spiro atoms. The highest BCUT2D eigenvalue weighted by Gasteiger charge is 2.58. The lowest BCUT2D eigenvalue weighted by Crippen LogP contribution is -2.40. The summed E-state index contributed by atoms with van der Waals surface area (Å²) in [6.45, 7) is 6.74. The van der Waals surface area contributed by atoms with Crippen LogP contribution in [0.2, 0.25) is 0 Å². The summed E-state index contributed by atoms with van der Waals surface area (Å²) in [4.78, 5) is 32.2. The number of aryl methyl sites for hydroxylation is 1. The molecule has 32 heavy (non-hydrogen) atoms.